The smallest absolute Gasteiger partial charge is 0.408 e. The molecule has 3 aromatic rings. The molecule has 6 rings (SSSR count). The van der Waals surface area contributed by atoms with Crippen molar-refractivity contribution in [1.82, 2.24) is 15.1 Å². The van der Waals surface area contributed by atoms with Gasteiger partial charge in [-0.3, -0.25) is 14.5 Å². The van der Waals surface area contributed by atoms with Crippen LogP contribution in [0.2, 0.25) is 0 Å². The summed E-state index contributed by atoms with van der Waals surface area (Å²) in [6, 6.07) is 26.3. The van der Waals surface area contributed by atoms with Crippen LogP contribution in [0.25, 0.3) is 11.1 Å². The summed E-state index contributed by atoms with van der Waals surface area (Å²) in [6.45, 7) is 3.88. The Bertz CT molecular complexity index is 1430. The largest absolute Gasteiger partial charge is 0.481 e. The summed E-state index contributed by atoms with van der Waals surface area (Å²) >= 11 is 0. The molecule has 8 heteroatoms. The highest BCUT2D eigenvalue weighted by molar-refractivity contribution is 5.92. The van der Waals surface area contributed by atoms with Crippen LogP contribution < -0.4 is 5.32 Å². The first kappa shape index (κ1) is 27.0. The van der Waals surface area contributed by atoms with Gasteiger partial charge in [-0.1, -0.05) is 78.9 Å². The lowest BCUT2D eigenvalue weighted by atomic mass is 9.90. The van der Waals surface area contributed by atoms with E-state index in [9.17, 15) is 19.5 Å². The Morgan fingerprint density at radius 2 is 1.51 bits per heavy atom. The van der Waals surface area contributed by atoms with E-state index in [1.54, 1.807) is 11.8 Å². The Kier molecular flexibility index (Phi) is 7.03. The monoisotopic (exact) mass is 553 g/mol. The van der Waals surface area contributed by atoms with Crippen molar-refractivity contribution in [2.24, 2.45) is 5.41 Å². The molecule has 2 heterocycles. The van der Waals surface area contributed by atoms with Gasteiger partial charge in [0.2, 0.25) is 5.91 Å². The molecule has 0 spiro atoms. The number of carboxylic acids is 1. The third-order valence-electron chi connectivity index (χ3n) is 8.97. The van der Waals surface area contributed by atoms with E-state index in [1.807, 2.05) is 54.6 Å². The molecule has 2 unspecified atom stereocenters. The van der Waals surface area contributed by atoms with E-state index in [1.165, 1.54) is 0 Å². The molecule has 3 aromatic carbocycles. The molecule has 2 amide bonds. The van der Waals surface area contributed by atoms with Gasteiger partial charge in [-0.05, 0) is 47.6 Å². The SMILES string of the molecule is CC1(C(=O)O)CCN(C(=O)C2(NC(=O)OCC3c4ccccc4-c4ccccc43)CCN(Cc3ccccc3)C2)C1. The number of hydrogen-bond acceptors (Lipinski definition) is 5. The fraction of sp³-hybridized carbons (Fsp3) is 0.364. The summed E-state index contributed by atoms with van der Waals surface area (Å²) in [4.78, 5) is 43.1. The molecule has 2 N–H and O–H groups in total. The zero-order chi connectivity index (χ0) is 28.6. The van der Waals surface area contributed by atoms with Gasteiger partial charge in [0.05, 0.1) is 5.41 Å². The number of rotatable bonds is 7. The number of carboxylic acid groups (broad SMARTS) is 1. The molecular formula is C33H35N3O5. The third kappa shape index (κ3) is 5.08. The average molecular weight is 554 g/mol. The first-order valence-corrected chi connectivity index (χ1v) is 14.2. The van der Waals surface area contributed by atoms with Crippen molar-refractivity contribution in [2.75, 3.05) is 32.8 Å². The van der Waals surface area contributed by atoms with Crippen LogP contribution in [0.4, 0.5) is 4.79 Å². The maximum absolute atomic E-state index is 14.0. The molecule has 2 saturated heterocycles. The number of fused-ring (bicyclic) bond motifs is 3. The number of carbonyl (C=O) groups excluding carboxylic acids is 2. The van der Waals surface area contributed by atoms with Crippen molar-refractivity contribution in [3.05, 3.63) is 95.6 Å². The lowest BCUT2D eigenvalue weighted by Crippen LogP contribution is -2.61. The molecule has 2 fully saturated rings. The minimum absolute atomic E-state index is 0.0900. The zero-order valence-corrected chi connectivity index (χ0v) is 23.2. The van der Waals surface area contributed by atoms with E-state index in [-0.39, 0.29) is 25.0 Å². The fourth-order valence-electron chi connectivity index (χ4n) is 6.64. The number of hydrogen-bond donors (Lipinski definition) is 2. The summed E-state index contributed by atoms with van der Waals surface area (Å²) < 4.78 is 5.84. The molecule has 2 aliphatic heterocycles. The molecule has 0 radical (unpaired) electrons. The van der Waals surface area contributed by atoms with Gasteiger partial charge >= 0.3 is 12.1 Å². The zero-order valence-electron chi connectivity index (χ0n) is 23.2. The minimum Gasteiger partial charge on any atom is -0.481 e. The number of benzene rings is 3. The van der Waals surface area contributed by atoms with Crippen LogP contribution in [-0.4, -0.2) is 71.2 Å². The van der Waals surface area contributed by atoms with Gasteiger partial charge in [0, 0.05) is 38.6 Å². The summed E-state index contributed by atoms with van der Waals surface area (Å²) in [5.41, 5.74) is 3.46. The highest BCUT2D eigenvalue weighted by Crippen LogP contribution is 2.44. The molecule has 2 atom stereocenters. The van der Waals surface area contributed by atoms with Gasteiger partial charge in [0.25, 0.3) is 0 Å². The summed E-state index contributed by atoms with van der Waals surface area (Å²) in [5, 5.41) is 12.7. The number of aliphatic carboxylic acids is 1. The molecule has 0 bridgehead atoms. The lowest BCUT2D eigenvalue weighted by Gasteiger charge is -2.33. The van der Waals surface area contributed by atoms with Crippen molar-refractivity contribution < 1.29 is 24.2 Å². The second-order valence-electron chi connectivity index (χ2n) is 11.8. The van der Waals surface area contributed by atoms with E-state index in [2.05, 4.69) is 34.5 Å². The maximum Gasteiger partial charge on any atom is 0.408 e. The van der Waals surface area contributed by atoms with Gasteiger partial charge in [-0.15, -0.1) is 0 Å². The molecule has 1 aliphatic carbocycles. The van der Waals surface area contributed by atoms with Gasteiger partial charge in [-0.25, -0.2) is 4.79 Å². The van der Waals surface area contributed by atoms with E-state index in [0.29, 0.717) is 39.0 Å². The Morgan fingerprint density at radius 1 is 0.878 bits per heavy atom. The average Bonchev–Trinajstić information content (AvgIpc) is 3.67. The molecule has 0 saturated carbocycles. The van der Waals surface area contributed by atoms with Crippen LogP contribution in [0, 0.1) is 5.41 Å². The number of nitrogens with zero attached hydrogens (tertiary/aromatic N) is 2. The Labute approximate surface area is 239 Å². The second kappa shape index (κ2) is 10.7. The Balaban J connectivity index is 1.19. The number of carbonyl (C=O) groups is 3. The van der Waals surface area contributed by atoms with Crippen LogP contribution >= 0.6 is 0 Å². The number of alkyl carbamates (subject to hydrolysis) is 1. The molecule has 212 valence electrons. The van der Waals surface area contributed by atoms with Crippen molar-refractivity contribution in [3.63, 3.8) is 0 Å². The maximum atomic E-state index is 14.0. The molecule has 41 heavy (non-hydrogen) atoms. The van der Waals surface area contributed by atoms with Gasteiger partial charge in [0.1, 0.15) is 12.1 Å². The Hall–Kier alpha value is -4.17. The predicted octanol–water partition coefficient (Wildman–Crippen LogP) is 4.49. The molecule has 3 aliphatic rings. The first-order valence-electron chi connectivity index (χ1n) is 14.2. The van der Waals surface area contributed by atoms with Crippen molar-refractivity contribution in [3.8, 4) is 11.1 Å². The second-order valence-corrected chi connectivity index (χ2v) is 11.8. The number of likely N-dealkylation sites (tertiary alicyclic amines) is 2. The Morgan fingerprint density at radius 3 is 2.15 bits per heavy atom. The highest BCUT2D eigenvalue weighted by Gasteiger charge is 2.52. The van der Waals surface area contributed by atoms with Crippen LogP contribution in [0.1, 0.15) is 42.4 Å². The molecule has 0 aromatic heterocycles. The normalized spacial score (nSPS) is 23.7. The number of amides is 2. The van der Waals surface area contributed by atoms with Crippen molar-refractivity contribution in [1.29, 1.82) is 0 Å². The lowest BCUT2D eigenvalue weighted by molar-refractivity contribution is -0.147. The number of nitrogens with one attached hydrogen (secondary N) is 1. The summed E-state index contributed by atoms with van der Waals surface area (Å²) in [7, 11) is 0. The topological polar surface area (TPSA) is 99.2 Å². The van der Waals surface area contributed by atoms with E-state index in [4.69, 9.17) is 4.74 Å². The fourth-order valence-corrected chi connectivity index (χ4v) is 6.64. The van der Waals surface area contributed by atoms with Crippen molar-refractivity contribution in [2.45, 2.75) is 37.8 Å². The van der Waals surface area contributed by atoms with Crippen LogP contribution in [0.5, 0.6) is 0 Å². The van der Waals surface area contributed by atoms with Crippen LogP contribution in [0.15, 0.2) is 78.9 Å². The van der Waals surface area contributed by atoms with Gasteiger partial charge in [0.15, 0.2) is 0 Å². The van der Waals surface area contributed by atoms with Gasteiger partial charge < -0.3 is 20.1 Å². The molecular weight excluding hydrogens is 518 g/mol. The van der Waals surface area contributed by atoms with Crippen LogP contribution in [0.3, 0.4) is 0 Å². The summed E-state index contributed by atoms with van der Waals surface area (Å²) in [6.07, 6.45) is 0.161. The highest BCUT2D eigenvalue weighted by atomic mass is 16.5. The molecule has 8 nitrogen and oxygen atoms in total. The third-order valence-corrected chi connectivity index (χ3v) is 8.97. The summed E-state index contributed by atoms with van der Waals surface area (Å²) in [5.74, 6) is -1.25. The number of ether oxygens (including phenoxy) is 1. The standard InChI is InChI=1S/C33H35N3O5/c1-32(30(38)39)15-18-36(21-32)29(37)33(16-17-35(22-33)19-23-9-3-2-4-10-23)34-31(40)41-20-28-26-13-7-5-11-24(26)25-12-6-8-14-27(25)28/h2-14,28H,15-22H2,1H3,(H,34,40)(H,38,39). The van der Waals surface area contributed by atoms with Crippen LogP contribution in [-0.2, 0) is 20.9 Å². The van der Waals surface area contributed by atoms with E-state index >= 15 is 0 Å². The quantitative estimate of drug-likeness (QED) is 0.447. The minimum atomic E-state index is -1.19. The van der Waals surface area contributed by atoms with Crippen molar-refractivity contribution >= 4 is 18.0 Å². The first-order chi connectivity index (χ1) is 19.8. The van der Waals surface area contributed by atoms with E-state index in [0.717, 1.165) is 27.8 Å². The van der Waals surface area contributed by atoms with E-state index < -0.39 is 23.0 Å². The van der Waals surface area contributed by atoms with Gasteiger partial charge in [-0.2, -0.15) is 0 Å². The predicted molar refractivity (Wildman–Crippen MR) is 154 cm³/mol.